The molecule has 0 spiro atoms. The molecule has 1 aliphatic heterocycles. The Kier molecular flexibility index (Phi) is 7.32. The summed E-state index contributed by atoms with van der Waals surface area (Å²) in [5, 5.41) is 8.19. The van der Waals surface area contributed by atoms with E-state index in [1.165, 1.54) is 0 Å². The van der Waals surface area contributed by atoms with Crippen LogP contribution in [0.4, 0.5) is 0 Å². The molecule has 0 unspecified atom stereocenters. The third kappa shape index (κ3) is 5.31. The average Bonchev–Trinajstić information content (AvgIpc) is 3.55. The summed E-state index contributed by atoms with van der Waals surface area (Å²) in [6.45, 7) is 5.54. The van der Waals surface area contributed by atoms with Gasteiger partial charge in [-0.05, 0) is 50.8 Å². The van der Waals surface area contributed by atoms with Gasteiger partial charge >= 0.3 is 0 Å². The molecule has 3 heterocycles. The molecule has 2 aromatic heterocycles. The van der Waals surface area contributed by atoms with E-state index in [0.29, 0.717) is 13.2 Å². The Balaban J connectivity index is 1.57. The lowest BCUT2D eigenvalue weighted by Crippen LogP contribution is -2.50. The first-order valence-corrected chi connectivity index (χ1v) is 11.3. The lowest BCUT2D eigenvalue weighted by Gasteiger charge is -2.33. The number of unbranched alkanes of at least 4 members (excludes halogenated alkanes) is 1. The smallest absolute Gasteiger partial charge is 0.253 e. The van der Waals surface area contributed by atoms with E-state index in [1.807, 2.05) is 27.8 Å². The van der Waals surface area contributed by atoms with E-state index < -0.39 is 6.10 Å². The van der Waals surface area contributed by atoms with Crippen LogP contribution in [0, 0.1) is 0 Å². The molecule has 2 aromatic rings. The van der Waals surface area contributed by atoms with E-state index in [0.717, 1.165) is 62.5 Å². The van der Waals surface area contributed by atoms with Gasteiger partial charge < -0.3 is 19.7 Å². The van der Waals surface area contributed by atoms with Crippen molar-refractivity contribution in [3.63, 3.8) is 0 Å². The number of nitrogens with zero attached hydrogens (tertiary/aromatic N) is 4. The molecule has 0 bridgehead atoms. The summed E-state index contributed by atoms with van der Waals surface area (Å²) >= 11 is 0. The van der Waals surface area contributed by atoms with Crippen LogP contribution in [0.25, 0.3) is 11.4 Å². The molecule has 1 saturated heterocycles. The SMILES string of the molecule is COCCCCn1nc([C@@H](C)N(C(=O)[C@H]2CNCCO2)C2CC2)cc1-c1ccccn1. The monoisotopic (exact) mass is 427 g/mol. The Morgan fingerprint density at radius 2 is 2.26 bits per heavy atom. The molecule has 1 aliphatic carbocycles. The van der Waals surface area contributed by atoms with Crippen molar-refractivity contribution in [2.45, 2.75) is 57.3 Å². The first-order chi connectivity index (χ1) is 15.2. The summed E-state index contributed by atoms with van der Waals surface area (Å²) in [6.07, 6.45) is 5.41. The minimum absolute atomic E-state index is 0.0660. The van der Waals surface area contributed by atoms with E-state index in [-0.39, 0.29) is 18.0 Å². The van der Waals surface area contributed by atoms with Crippen LogP contribution in [-0.2, 0) is 20.8 Å². The third-order valence-electron chi connectivity index (χ3n) is 5.94. The second kappa shape index (κ2) is 10.3. The van der Waals surface area contributed by atoms with Crippen LogP contribution in [0.5, 0.6) is 0 Å². The molecule has 2 atom stereocenters. The van der Waals surface area contributed by atoms with Crippen molar-refractivity contribution >= 4 is 5.91 Å². The van der Waals surface area contributed by atoms with Gasteiger partial charge in [-0.3, -0.25) is 14.5 Å². The number of carbonyl (C=O) groups excluding carboxylic acids is 1. The van der Waals surface area contributed by atoms with E-state index in [4.69, 9.17) is 14.6 Å². The van der Waals surface area contributed by atoms with Gasteiger partial charge in [0.15, 0.2) is 0 Å². The highest BCUT2D eigenvalue weighted by atomic mass is 16.5. The summed E-state index contributed by atoms with van der Waals surface area (Å²) in [7, 11) is 1.72. The lowest BCUT2D eigenvalue weighted by molar-refractivity contribution is -0.148. The number of aryl methyl sites for hydroxylation is 1. The number of hydrogen-bond donors (Lipinski definition) is 1. The van der Waals surface area contributed by atoms with Crippen molar-refractivity contribution in [2.75, 3.05) is 33.4 Å². The zero-order valence-electron chi connectivity index (χ0n) is 18.5. The van der Waals surface area contributed by atoms with Gasteiger partial charge in [0.05, 0.1) is 29.7 Å². The molecule has 31 heavy (non-hydrogen) atoms. The van der Waals surface area contributed by atoms with Crippen molar-refractivity contribution in [3.8, 4) is 11.4 Å². The van der Waals surface area contributed by atoms with Crippen molar-refractivity contribution < 1.29 is 14.3 Å². The van der Waals surface area contributed by atoms with Crippen molar-refractivity contribution in [1.82, 2.24) is 25.0 Å². The number of nitrogens with one attached hydrogen (secondary N) is 1. The number of rotatable bonds is 10. The maximum absolute atomic E-state index is 13.3. The molecular formula is C23H33N5O3. The average molecular weight is 428 g/mol. The summed E-state index contributed by atoms with van der Waals surface area (Å²) in [4.78, 5) is 19.8. The van der Waals surface area contributed by atoms with Crippen LogP contribution >= 0.6 is 0 Å². The fourth-order valence-corrected chi connectivity index (χ4v) is 4.11. The second-order valence-electron chi connectivity index (χ2n) is 8.31. The molecule has 1 amide bonds. The zero-order chi connectivity index (χ0) is 21.6. The fourth-order valence-electron chi connectivity index (χ4n) is 4.11. The molecule has 1 saturated carbocycles. The first-order valence-electron chi connectivity index (χ1n) is 11.3. The number of amides is 1. The summed E-state index contributed by atoms with van der Waals surface area (Å²) in [5.74, 6) is 0.0660. The van der Waals surface area contributed by atoms with Gasteiger partial charge in [-0.2, -0.15) is 5.10 Å². The molecule has 2 aliphatic rings. The van der Waals surface area contributed by atoms with E-state index in [2.05, 4.69) is 23.3 Å². The number of methoxy groups -OCH3 is 1. The topological polar surface area (TPSA) is 81.5 Å². The quantitative estimate of drug-likeness (QED) is 0.587. The van der Waals surface area contributed by atoms with Crippen molar-refractivity contribution in [3.05, 3.63) is 36.2 Å². The zero-order valence-corrected chi connectivity index (χ0v) is 18.5. The molecule has 8 heteroatoms. The Morgan fingerprint density at radius 1 is 1.39 bits per heavy atom. The molecule has 1 N–H and O–H groups in total. The molecule has 8 nitrogen and oxygen atoms in total. The summed E-state index contributed by atoms with van der Waals surface area (Å²) < 4.78 is 13.0. The predicted octanol–water partition coefficient (Wildman–Crippen LogP) is 2.41. The Morgan fingerprint density at radius 3 is 2.94 bits per heavy atom. The fraction of sp³-hybridized carbons (Fsp3) is 0.609. The van der Waals surface area contributed by atoms with Gasteiger partial charge in [0, 0.05) is 45.6 Å². The largest absolute Gasteiger partial charge is 0.385 e. The van der Waals surface area contributed by atoms with Gasteiger partial charge in [-0.15, -0.1) is 0 Å². The molecule has 4 rings (SSSR count). The maximum atomic E-state index is 13.3. The first kappa shape index (κ1) is 21.9. The van der Waals surface area contributed by atoms with Crippen LogP contribution in [0.2, 0.25) is 0 Å². The van der Waals surface area contributed by atoms with Crippen molar-refractivity contribution in [2.24, 2.45) is 0 Å². The second-order valence-corrected chi connectivity index (χ2v) is 8.31. The highest BCUT2D eigenvalue weighted by Crippen LogP contribution is 2.36. The van der Waals surface area contributed by atoms with Gasteiger partial charge in [0.25, 0.3) is 5.91 Å². The maximum Gasteiger partial charge on any atom is 0.253 e. The normalized spacial score (nSPS) is 19.9. The minimum Gasteiger partial charge on any atom is -0.385 e. The van der Waals surface area contributed by atoms with E-state index in [9.17, 15) is 4.79 Å². The number of hydrogen-bond acceptors (Lipinski definition) is 6. The van der Waals surface area contributed by atoms with E-state index in [1.54, 1.807) is 13.3 Å². The molecular weight excluding hydrogens is 394 g/mol. The van der Waals surface area contributed by atoms with Gasteiger partial charge in [-0.25, -0.2) is 0 Å². The number of aromatic nitrogens is 3. The van der Waals surface area contributed by atoms with Crippen LogP contribution in [-0.4, -0.2) is 71.1 Å². The molecule has 0 aromatic carbocycles. The number of morpholine rings is 1. The molecule has 2 fully saturated rings. The highest BCUT2D eigenvalue weighted by molar-refractivity contribution is 5.82. The third-order valence-corrected chi connectivity index (χ3v) is 5.94. The minimum atomic E-state index is -0.414. The number of ether oxygens (including phenoxy) is 2. The van der Waals surface area contributed by atoms with Gasteiger partial charge in [0.1, 0.15) is 6.10 Å². The predicted molar refractivity (Wildman–Crippen MR) is 117 cm³/mol. The van der Waals surface area contributed by atoms with Gasteiger partial charge in [0.2, 0.25) is 0 Å². The van der Waals surface area contributed by atoms with Crippen molar-refractivity contribution in [1.29, 1.82) is 0 Å². The number of pyridine rings is 1. The van der Waals surface area contributed by atoms with Crippen LogP contribution in [0.3, 0.4) is 0 Å². The Labute approximate surface area is 183 Å². The summed E-state index contributed by atoms with van der Waals surface area (Å²) in [6, 6.07) is 8.15. The summed E-state index contributed by atoms with van der Waals surface area (Å²) in [5.41, 5.74) is 2.78. The number of carbonyl (C=O) groups is 1. The highest BCUT2D eigenvalue weighted by Gasteiger charge is 2.40. The Hall–Kier alpha value is -2.29. The van der Waals surface area contributed by atoms with Gasteiger partial charge in [-0.1, -0.05) is 6.07 Å². The molecule has 0 radical (unpaired) electrons. The Bertz CT molecular complexity index is 846. The lowest BCUT2D eigenvalue weighted by atomic mass is 10.1. The van der Waals surface area contributed by atoms with Crippen LogP contribution < -0.4 is 5.32 Å². The molecule has 168 valence electrons. The standard InChI is InChI=1S/C23H33N5O3/c1-17(28(18-8-9-18)23(29)22-16-24-11-14-31-22)20-15-21(19-7-3-4-10-25-19)27(26-20)12-5-6-13-30-2/h3-4,7,10,15,17-18,22,24H,5-6,8-9,11-14,16H2,1-2H3/t17-,22-/m1/s1. The van der Waals surface area contributed by atoms with Crippen LogP contribution in [0.1, 0.15) is 44.3 Å². The van der Waals surface area contributed by atoms with E-state index >= 15 is 0 Å². The van der Waals surface area contributed by atoms with Crippen LogP contribution in [0.15, 0.2) is 30.5 Å².